The van der Waals surface area contributed by atoms with Crippen LogP contribution in [-0.2, 0) is 6.54 Å². The minimum Gasteiger partial charge on any atom is -0.359 e. The van der Waals surface area contributed by atoms with Crippen molar-refractivity contribution in [1.29, 1.82) is 0 Å². The number of halogens is 1. The number of aromatic nitrogens is 4. The van der Waals surface area contributed by atoms with Gasteiger partial charge in [0.1, 0.15) is 11.5 Å². The van der Waals surface area contributed by atoms with Crippen molar-refractivity contribution in [1.82, 2.24) is 29.7 Å². The summed E-state index contributed by atoms with van der Waals surface area (Å²) in [5.41, 5.74) is 2.20. The van der Waals surface area contributed by atoms with Gasteiger partial charge in [0.15, 0.2) is 10.9 Å². The van der Waals surface area contributed by atoms with Crippen molar-refractivity contribution < 1.29 is 4.39 Å². The van der Waals surface area contributed by atoms with Gasteiger partial charge in [-0.05, 0) is 37.9 Å². The van der Waals surface area contributed by atoms with E-state index in [1.807, 2.05) is 19.2 Å². The zero-order valence-electron chi connectivity index (χ0n) is 20.4. The Labute approximate surface area is 210 Å². The summed E-state index contributed by atoms with van der Waals surface area (Å²) in [7, 11) is 0. The Balaban J connectivity index is 1.24. The lowest BCUT2D eigenvalue weighted by Gasteiger charge is -2.33. The van der Waals surface area contributed by atoms with Gasteiger partial charge in [0, 0.05) is 45.0 Å². The van der Waals surface area contributed by atoms with Crippen LogP contribution in [0.1, 0.15) is 43.9 Å². The number of hydrogen-bond donors (Lipinski definition) is 2. The summed E-state index contributed by atoms with van der Waals surface area (Å²) in [6.45, 7) is 10.5. The van der Waals surface area contributed by atoms with E-state index in [0.717, 1.165) is 67.8 Å². The Morgan fingerprint density at radius 2 is 1.80 bits per heavy atom. The van der Waals surface area contributed by atoms with Gasteiger partial charge in [-0.1, -0.05) is 37.2 Å². The number of aryl methyl sites for hydroxylation is 1. The number of anilines is 3. The molecule has 0 amide bonds. The topological polar surface area (TPSA) is 82.1 Å². The van der Waals surface area contributed by atoms with Crippen LogP contribution in [0, 0.1) is 12.7 Å². The third-order valence-electron chi connectivity index (χ3n) is 6.82. The second-order valence-electron chi connectivity index (χ2n) is 9.34. The zero-order chi connectivity index (χ0) is 24.2. The summed E-state index contributed by atoms with van der Waals surface area (Å²) >= 11 is 1.44. The molecule has 0 atom stereocenters. The van der Waals surface area contributed by atoms with E-state index in [0.29, 0.717) is 17.8 Å². The summed E-state index contributed by atoms with van der Waals surface area (Å²) in [6, 6.07) is 4.45. The van der Waals surface area contributed by atoms with Crippen LogP contribution in [0.2, 0.25) is 0 Å². The van der Waals surface area contributed by atoms with Crippen molar-refractivity contribution >= 4 is 28.2 Å². The second-order valence-corrected chi connectivity index (χ2v) is 10.3. The predicted molar refractivity (Wildman–Crippen MR) is 139 cm³/mol. The molecule has 8 nitrogen and oxygen atoms in total. The third kappa shape index (κ3) is 5.94. The number of hydrogen-bond acceptors (Lipinski definition) is 9. The van der Waals surface area contributed by atoms with E-state index >= 15 is 0 Å². The quantitative estimate of drug-likeness (QED) is 0.465. The first kappa shape index (κ1) is 24.0. The highest BCUT2D eigenvalue weighted by Gasteiger charge is 2.20. The zero-order valence-corrected chi connectivity index (χ0v) is 21.2. The van der Waals surface area contributed by atoms with Crippen LogP contribution in [0.15, 0.2) is 24.5 Å². The average molecular weight is 497 g/mol. The molecule has 0 spiro atoms. The molecule has 2 fully saturated rings. The molecule has 2 N–H and O–H groups in total. The number of thiazole rings is 1. The Kier molecular flexibility index (Phi) is 7.50. The fourth-order valence-electron chi connectivity index (χ4n) is 4.74. The molecule has 186 valence electrons. The maximum atomic E-state index is 14.7. The fourth-order valence-corrected chi connectivity index (χ4v) is 5.77. The van der Waals surface area contributed by atoms with Crippen LogP contribution in [0.5, 0.6) is 0 Å². The Hall–Kier alpha value is -2.69. The molecule has 10 heteroatoms. The Morgan fingerprint density at radius 1 is 1.03 bits per heavy atom. The second kappa shape index (κ2) is 10.9. The van der Waals surface area contributed by atoms with Crippen molar-refractivity contribution in [3.63, 3.8) is 0 Å². The molecule has 3 aromatic heterocycles. The highest BCUT2D eigenvalue weighted by Crippen LogP contribution is 2.35. The van der Waals surface area contributed by atoms with Crippen molar-refractivity contribution in [3.05, 3.63) is 41.6 Å². The van der Waals surface area contributed by atoms with Crippen molar-refractivity contribution in [2.45, 2.75) is 52.1 Å². The molecule has 2 aliphatic rings. The van der Waals surface area contributed by atoms with Gasteiger partial charge in [-0.3, -0.25) is 4.90 Å². The molecule has 1 aliphatic heterocycles. The lowest BCUT2D eigenvalue weighted by Crippen LogP contribution is -2.45. The van der Waals surface area contributed by atoms with Gasteiger partial charge in [0.05, 0.1) is 16.8 Å². The number of nitrogens with zero attached hydrogens (tertiary/aromatic N) is 6. The van der Waals surface area contributed by atoms with Gasteiger partial charge in [-0.15, -0.1) is 0 Å². The van der Waals surface area contributed by atoms with Gasteiger partial charge >= 0.3 is 0 Å². The van der Waals surface area contributed by atoms with Crippen LogP contribution >= 0.6 is 11.3 Å². The predicted octanol–water partition coefficient (Wildman–Crippen LogP) is 4.68. The summed E-state index contributed by atoms with van der Waals surface area (Å²) in [5, 5.41) is 7.44. The van der Waals surface area contributed by atoms with E-state index in [4.69, 9.17) is 0 Å². The van der Waals surface area contributed by atoms with Gasteiger partial charge in [-0.25, -0.2) is 24.3 Å². The van der Waals surface area contributed by atoms with E-state index in [2.05, 4.69) is 53.4 Å². The molecule has 35 heavy (non-hydrogen) atoms. The maximum absolute atomic E-state index is 14.7. The number of likely N-dealkylation sites (N-methyl/N-ethyl adjacent to an activating group) is 1. The smallest absolute Gasteiger partial charge is 0.229 e. The van der Waals surface area contributed by atoms with Crippen LogP contribution in [0.3, 0.4) is 0 Å². The molecule has 1 saturated heterocycles. The molecule has 3 aromatic rings. The minimum absolute atomic E-state index is 0.264. The number of piperazine rings is 1. The van der Waals surface area contributed by atoms with Gasteiger partial charge < -0.3 is 15.5 Å². The van der Waals surface area contributed by atoms with Gasteiger partial charge in [-0.2, -0.15) is 0 Å². The summed E-state index contributed by atoms with van der Waals surface area (Å²) in [5.74, 6) is 0.489. The fraction of sp³-hybridized carbons (Fsp3) is 0.520. The lowest BCUT2D eigenvalue weighted by molar-refractivity contribution is 0.132. The molecular weight excluding hydrogens is 463 g/mol. The van der Waals surface area contributed by atoms with Crippen molar-refractivity contribution in [3.8, 4) is 10.6 Å². The lowest BCUT2D eigenvalue weighted by atomic mass is 10.2. The summed E-state index contributed by atoms with van der Waals surface area (Å²) < 4.78 is 14.7. The minimum atomic E-state index is -0.457. The molecule has 0 unspecified atom stereocenters. The highest BCUT2D eigenvalue weighted by atomic mass is 32.1. The molecule has 0 bridgehead atoms. The van der Waals surface area contributed by atoms with Crippen LogP contribution in [0.25, 0.3) is 10.6 Å². The first-order valence-electron chi connectivity index (χ1n) is 12.5. The van der Waals surface area contributed by atoms with Crippen molar-refractivity contribution in [2.24, 2.45) is 0 Å². The van der Waals surface area contributed by atoms with Crippen LogP contribution in [-0.4, -0.2) is 68.5 Å². The standard InChI is InChI=1S/C25H33FN8S/c1-3-33-10-12-34(13-11-33)16-18-8-9-21(27-14-18)31-24-28-15-20(26)22(32-24)23-17(2)29-25(35-23)30-19-6-4-5-7-19/h8-9,14-15,19H,3-7,10-13,16H2,1-2H3,(H,29,30)(H,27,28,31,32). The average Bonchev–Trinajstić information content (AvgIpc) is 3.51. The van der Waals surface area contributed by atoms with Gasteiger partial charge in [0.25, 0.3) is 0 Å². The summed E-state index contributed by atoms with van der Waals surface area (Å²) in [4.78, 5) is 23.4. The maximum Gasteiger partial charge on any atom is 0.229 e. The SMILES string of the molecule is CCN1CCN(Cc2ccc(Nc3ncc(F)c(-c4sc(NC5CCCC5)nc4C)n3)nc2)CC1. The Bertz CT molecular complexity index is 1120. The molecule has 4 heterocycles. The first-order valence-corrected chi connectivity index (χ1v) is 13.3. The van der Waals surface area contributed by atoms with E-state index in [1.54, 1.807) is 0 Å². The number of nitrogens with one attached hydrogen (secondary N) is 2. The van der Waals surface area contributed by atoms with E-state index in [1.165, 1.54) is 35.9 Å². The largest absolute Gasteiger partial charge is 0.359 e. The first-order chi connectivity index (χ1) is 17.1. The van der Waals surface area contributed by atoms with E-state index in [-0.39, 0.29) is 5.69 Å². The van der Waals surface area contributed by atoms with Crippen LogP contribution in [0.4, 0.5) is 21.3 Å². The number of pyridine rings is 1. The molecule has 0 aromatic carbocycles. The van der Waals surface area contributed by atoms with Gasteiger partial charge in [0.2, 0.25) is 5.95 Å². The Morgan fingerprint density at radius 3 is 2.51 bits per heavy atom. The molecule has 1 saturated carbocycles. The van der Waals surface area contributed by atoms with Crippen molar-refractivity contribution in [2.75, 3.05) is 43.4 Å². The molecular formula is C25H33FN8S. The highest BCUT2D eigenvalue weighted by molar-refractivity contribution is 7.19. The number of rotatable bonds is 8. The molecule has 1 aliphatic carbocycles. The van der Waals surface area contributed by atoms with E-state index in [9.17, 15) is 4.39 Å². The molecule has 5 rings (SSSR count). The normalized spacial score (nSPS) is 17.7. The third-order valence-corrected chi connectivity index (χ3v) is 7.92. The molecule has 0 radical (unpaired) electrons. The van der Waals surface area contributed by atoms with Crippen LogP contribution < -0.4 is 10.6 Å². The summed E-state index contributed by atoms with van der Waals surface area (Å²) in [6.07, 6.45) is 7.90. The van der Waals surface area contributed by atoms with E-state index < -0.39 is 5.82 Å². The monoisotopic (exact) mass is 496 g/mol.